The van der Waals surface area contributed by atoms with Crippen molar-refractivity contribution in [3.63, 3.8) is 0 Å². The molecule has 0 saturated heterocycles. The number of nitrogens with one attached hydrogen (secondary N) is 1. The number of pyridine rings is 1. The van der Waals surface area contributed by atoms with Crippen molar-refractivity contribution in [1.82, 2.24) is 20.1 Å². The molecule has 0 bridgehead atoms. The molecule has 0 radical (unpaired) electrons. The Morgan fingerprint density at radius 3 is 2.89 bits per heavy atom. The lowest BCUT2D eigenvalue weighted by molar-refractivity contribution is 0.546. The van der Waals surface area contributed by atoms with Crippen LogP contribution in [0.4, 0.5) is 0 Å². The first-order chi connectivity index (χ1) is 8.70. The van der Waals surface area contributed by atoms with E-state index < -0.39 is 0 Å². The topological polar surface area (TPSA) is 42.7 Å². The first kappa shape index (κ1) is 12.8. The van der Waals surface area contributed by atoms with Crippen molar-refractivity contribution < 1.29 is 0 Å². The van der Waals surface area contributed by atoms with Crippen LogP contribution in [0.15, 0.2) is 30.6 Å². The van der Waals surface area contributed by atoms with Crippen molar-refractivity contribution in [3.8, 4) is 0 Å². The summed E-state index contributed by atoms with van der Waals surface area (Å²) in [5.41, 5.74) is 3.56. The number of nitrogens with zero attached hydrogens (tertiary/aromatic N) is 3. The molecule has 0 amide bonds. The predicted molar refractivity (Wildman–Crippen MR) is 72.1 cm³/mol. The molecule has 1 atom stereocenters. The Hall–Kier alpha value is -1.68. The Bertz CT molecular complexity index is 490. The van der Waals surface area contributed by atoms with E-state index in [1.807, 2.05) is 24.0 Å². The molecule has 1 N–H and O–H groups in total. The first-order valence-electron chi connectivity index (χ1n) is 6.35. The van der Waals surface area contributed by atoms with Crippen LogP contribution in [-0.4, -0.2) is 14.8 Å². The van der Waals surface area contributed by atoms with Gasteiger partial charge >= 0.3 is 0 Å². The van der Waals surface area contributed by atoms with E-state index in [2.05, 4.69) is 41.4 Å². The quantitative estimate of drug-likeness (QED) is 0.877. The molecule has 2 rings (SSSR count). The Balaban J connectivity index is 1.97. The molecule has 2 aromatic rings. The molecule has 0 aliphatic heterocycles. The Morgan fingerprint density at radius 2 is 2.28 bits per heavy atom. The summed E-state index contributed by atoms with van der Waals surface area (Å²) in [6.45, 7) is 5.09. The second kappa shape index (κ2) is 5.78. The summed E-state index contributed by atoms with van der Waals surface area (Å²) < 4.78 is 1.95. The van der Waals surface area contributed by atoms with Crippen molar-refractivity contribution in [3.05, 3.63) is 47.5 Å². The SMILES string of the molecule is CCc1cc(CNC(C)c2cccnc2)n(C)n1. The maximum absolute atomic E-state index is 4.44. The van der Waals surface area contributed by atoms with Gasteiger partial charge in [-0.25, -0.2) is 0 Å². The summed E-state index contributed by atoms with van der Waals surface area (Å²) >= 11 is 0. The molecular weight excluding hydrogens is 224 g/mol. The van der Waals surface area contributed by atoms with E-state index >= 15 is 0 Å². The number of aromatic nitrogens is 3. The van der Waals surface area contributed by atoms with Gasteiger partial charge in [0.1, 0.15) is 0 Å². The zero-order valence-electron chi connectivity index (χ0n) is 11.2. The summed E-state index contributed by atoms with van der Waals surface area (Å²) in [5.74, 6) is 0. The maximum Gasteiger partial charge on any atom is 0.0625 e. The van der Waals surface area contributed by atoms with Crippen LogP contribution in [-0.2, 0) is 20.0 Å². The second-order valence-corrected chi connectivity index (χ2v) is 4.49. The largest absolute Gasteiger partial charge is 0.305 e. The predicted octanol–water partition coefficient (Wildman–Crippen LogP) is 2.23. The molecular formula is C14H20N4. The minimum absolute atomic E-state index is 0.290. The van der Waals surface area contributed by atoms with E-state index in [4.69, 9.17) is 0 Å². The van der Waals surface area contributed by atoms with Crippen molar-refractivity contribution in [2.75, 3.05) is 0 Å². The van der Waals surface area contributed by atoms with E-state index in [9.17, 15) is 0 Å². The third-order valence-corrected chi connectivity index (χ3v) is 3.16. The zero-order chi connectivity index (χ0) is 13.0. The normalized spacial score (nSPS) is 12.6. The van der Waals surface area contributed by atoms with Crippen LogP contribution in [0.3, 0.4) is 0 Å². The Kier molecular flexibility index (Phi) is 4.10. The molecule has 4 nitrogen and oxygen atoms in total. The molecule has 96 valence electrons. The number of hydrogen-bond donors (Lipinski definition) is 1. The van der Waals surface area contributed by atoms with Gasteiger partial charge in [0.05, 0.1) is 11.4 Å². The molecule has 0 saturated carbocycles. The van der Waals surface area contributed by atoms with Gasteiger partial charge < -0.3 is 5.32 Å². The third kappa shape index (κ3) is 2.96. The van der Waals surface area contributed by atoms with Crippen molar-refractivity contribution >= 4 is 0 Å². The van der Waals surface area contributed by atoms with Crippen LogP contribution in [0.1, 0.15) is 36.8 Å². The van der Waals surface area contributed by atoms with E-state index in [0.717, 1.165) is 18.7 Å². The smallest absolute Gasteiger partial charge is 0.0625 e. The summed E-state index contributed by atoms with van der Waals surface area (Å²) in [5, 5.41) is 7.94. The highest BCUT2D eigenvalue weighted by atomic mass is 15.3. The number of hydrogen-bond acceptors (Lipinski definition) is 3. The van der Waals surface area contributed by atoms with Gasteiger partial charge in [-0.15, -0.1) is 0 Å². The summed E-state index contributed by atoms with van der Waals surface area (Å²) in [7, 11) is 1.99. The molecule has 2 aromatic heterocycles. The average Bonchev–Trinajstić information content (AvgIpc) is 2.77. The minimum Gasteiger partial charge on any atom is -0.305 e. The van der Waals surface area contributed by atoms with Crippen LogP contribution < -0.4 is 5.32 Å². The zero-order valence-corrected chi connectivity index (χ0v) is 11.2. The molecule has 4 heteroatoms. The highest BCUT2D eigenvalue weighted by molar-refractivity contribution is 5.14. The van der Waals surface area contributed by atoms with Crippen LogP contribution in [0.5, 0.6) is 0 Å². The van der Waals surface area contributed by atoms with Gasteiger partial charge in [0.15, 0.2) is 0 Å². The van der Waals surface area contributed by atoms with Gasteiger partial charge in [-0.3, -0.25) is 9.67 Å². The fourth-order valence-corrected chi connectivity index (χ4v) is 1.92. The van der Waals surface area contributed by atoms with Crippen LogP contribution in [0, 0.1) is 0 Å². The van der Waals surface area contributed by atoms with Gasteiger partial charge in [0.25, 0.3) is 0 Å². The van der Waals surface area contributed by atoms with Crippen molar-refractivity contribution in [1.29, 1.82) is 0 Å². The van der Waals surface area contributed by atoms with Crippen LogP contribution in [0.2, 0.25) is 0 Å². The van der Waals surface area contributed by atoms with E-state index in [1.165, 1.54) is 11.3 Å². The van der Waals surface area contributed by atoms with E-state index in [-0.39, 0.29) is 0 Å². The maximum atomic E-state index is 4.44. The lowest BCUT2D eigenvalue weighted by atomic mass is 10.1. The summed E-state index contributed by atoms with van der Waals surface area (Å²) in [6, 6.07) is 6.50. The Labute approximate surface area is 108 Å². The van der Waals surface area contributed by atoms with Gasteiger partial charge in [0.2, 0.25) is 0 Å². The molecule has 0 spiro atoms. The van der Waals surface area contributed by atoms with Gasteiger partial charge in [-0.05, 0) is 31.0 Å². The second-order valence-electron chi connectivity index (χ2n) is 4.49. The van der Waals surface area contributed by atoms with Gasteiger partial charge in [0, 0.05) is 32.0 Å². The Morgan fingerprint density at radius 1 is 1.44 bits per heavy atom. The molecule has 0 aromatic carbocycles. The van der Waals surface area contributed by atoms with Crippen LogP contribution in [0.25, 0.3) is 0 Å². The molecule has 0 fully saturated rings. The lowest BCUT2D eigenvalue weighted by Crippen LogP contribution is -2.19. The van der Waals surface area contributed by atoms with E-state index in [1.54, 1.807) is 6.20 Å². The molecule has 2 heterocycles. The van der Waals surface area contributed by atoms with Gasteiger partial charge in [-0.1, -0.05) is 13.0 Å². The van der Waals surface area contributed by atoms with Crippen LogP contribution >= 0.6 is 0 Å². The fraction of sp³-hybridized carbons (Fsp3) is 0.429. The summed E-state index contributed by atoms with van der Waals surface area (Å²) in [4.78, 5) is 4.14. The number of rotatable bonds is 5. The highest BCUT2D eigenvalue weighted by Crippen LogP contribution is 2.11. The standard InChI is InChI=1S/C14H20N4/c1-4-13-8-14(18(3)17-13)10-16-11(2)12-6-5-7-15-9-12/h5-9,11,16H,4,10H2,1-3H3. The van der Waals surface area contributed by atoms with Crippen molar-refractivity contribution in [2.45, 2.75) is 32.9 Å². The fourth-order valence-electron chi connectivity index (χ4n) is 1.92. The third-order valence-electron chi connectivity index (χ3n) is 3.16. The average molecular weight is 244 g/mol. The molecule has 1 unspecified atom stereocenters. The van der Waals surface area contributed by atoms with Gasteiger partial charge in [-0.2, -0.15) is 5.10 Å². The van der Waals surface area contributed by atoms with Crippen molar-refractivity contribution in [2.24, 2.45) is 7.05 Å². The molecule has 18 heavy (non-hydrogen) atoms. The molecule has 0 aliphatic rings. The summed E-state index contributed by atoms with van der Waals surface area (Å²) in [6.07, 6.45) is 4.68. The first-order valence-corrected chi connectivity index (χ1v) is 6.35. The number of aryl methyl sites for hydroxylation is 2. The molecule has 0 aliphatic carbocycles. The highest BCUT2D eigenvalue weighted by Gasteiger charge is 2.07. The minimum atomic E-state index is 0.290. The monoisotopic (exact) mass is 244 g/mol. The van der Waals surface area contributed by atoms with E-state index in [0.29, 0.717) is 6.04 Å². The lowest BCUT2D eigenvalue weighted by Gasteiger charge is -2.13.